The van der Waals surface area contributed by atoms with Crippen LogP contribution in [0.25, 0.3) is 0 Å². The number of rotatable bonds is 5. The highest BCUT2D eigenvalue weighted by Gasteiger charge is 2.15. The maximum atomic E-state index is 11.1. The number of nitrogen functional groups attached to an aromatic ring is 1. The Kier molecular flexibility index (Phi) is 4.33. The second-order valence-electron chi connectivity index (χ2n) is 3.12. The molecular weight excluding hydrogens is 226 g/mol. The van der Waals surface area contributed by atoms with Gasteiger partial charge in [0.25, 0.3) is 0 Å². The zero-order valence-corrected chi connectivity index (χ0v) is 9.30. The first-order valence-electron chi connectivity index (χ1n) is 4.96. The summed E-state index contributed by atoms with van der Waals surface area (Å²) in [4.78, 5) is 22.0. The number of nitrogens with two attached hydrogens (primary N) is 1. The number of ether oxygens (including phenoxy) is 2. The average Bonchev–Trinajstić information content (AvgIpc) is 2.27. The van der Waals surface area contributed by atoms with E-state index in [0.717, 1.165) is 0 Å². The SMILES string of the molecule is CCOC(=O)COc1c(N)cccc1C(=O)O. The number of carboxylic acid groups (broad SMARTS) is 1. The zero-order chi connectivity index (χ0) is 12.8. The molecule has 0 aliphatic rings. The van der Waals surface area contributed by atoms with Crippen molar-refractivity contribution >= 4 is 17.6 Å². The van der Waals surface area contributed by atoms with Gasteiger partial charge in [-0.05, 0) is 19.1 Å². The maximum Gasteiger partial charge on any atom is 0.344 e. The van der Waals surface area contributed by atoms with Crippen LogP contribution in [0.1, 0.15) is 17.3 Å². The minimum atomic E-state index is -1.17. The fraction of sp³-hybridized carbons (Fsp3) is 0.273. The quantitative estimate of drug-likeness (QED) is 0.585. The van der Waals surface area contributed by atoms with E-state index in [-0.39, 0.29) is 30.2 Å². The number of carbonyl (C=O) groups is 2. The van der Waals surface area contributed by atoms with Gasteiger partial charge in [-0.15, -0.1) is 0 Å². The van der Waals surface area contributed by atoms with Crippen molar-refractivity contribution in [2.24, 2.45) is 0 Å². The largest absolute Gasteiger partial charge is 0.479 e. The first kappa shape index (κ1) is 12.8. The fourth-order valence-electron chi connectivity index (χ4n) is 1.22. The molecule has 17 heavy (non-hydrogen) atoms. The summed E-state index contributed by atoms with van der Waals surface area (Å²) in [6.07, 6.45) is 0. The number of para-hydroxylation sites is 1. The van der Waals surface area contributed by atoms with Crippen LogP contribution in [0.2, 0.25) is 0 Å². The Morgan fingerprint density at radius 2 is 2.12 bits per heavy atom. The molecule has 1 aromatic carbocycles. The van der Waals surface area contributed by atoms with Gasteiger partial charge in [0.1, 0.15) is 5.56 Å². The van der Waals surface area contributed by atoms with Crippen molar-refractivity contribution in [1.82, 2.24) is 0 Å². The van der Waals surface area contributed by atoms with Gasteiger partial charge in [-0.1, -0.05) is 6.07 Å². The molecule has 3 N–H and O–H groups in total. The van der Waals surface area contributed by atoms with Crippen LogP contribution in [0, 0.1) is 0 Å². The van der Waals surface area contributed by atoms with Crippen molar-refractivity contribution in [3.8, 4) is 5.75 Å². The number of anilines is 1. The molecule has 0 radical (unpaired) electrons. The summed E-state index contributed by atoms with van der Waals surface area (Å²) < 4.78 is 9.71. The predicted molar refractivity (Wildman–Crippen MR) is 59.9 cm³/mol. The number of hydrogen-bond acceptors (Lipinski definition) is 5. The van der Waals surface area contributed by atoms with Gasteiger partial charge in [-0.2, -0.15) is 0 Å². The molecule has 0 fully saturated rings. The first-order valence-corrected chi connectivity index (χ1v) is 4.96. The molecule has 0 amide bonds. The van der Waals surface area contributed by atoms with Gasteiger partial charge in [-0.3, -0.25) is 0 Å². The van der Waals surface area contributed by atoms with Gasteiger partial charge < -0.3 is 20.3 Å². The molecule has 6 heteroatoms. The summed E-state index contributed by atoms with van der Waals surface area (Å²) in [7, 11) is 0. The molecule has 0 aliphatic heterocycles. The summed E-state index contributed by atoms with van der Waals surface area (Å²) in [5, 5.41) is 8.91. The van der Waals surface area contributed by atoms with Crippen LogP contribution in [0.3, 0.4) is 0 Å². The summed E-state index contributed by atoms with van der Waals surface area (Å²) in [6.45, 7) is 1.53. The lowest BCUT2D eigenvalue weighted by Crippen LogP contribution is -2.16. The molecule has 0 saturated carbocycles. The van der Waals surface area contributed by atoms with Gasteiger partial charge in [-0.25, -0.2) is 9.59 Å². The number of carbonyl (C=O) groups excluding carboxylic acids is 1. The lowest BCUT2D eigenvalue weighted by Gasteiger charge is -2.10. The van der Waals surface area contributed by atoms with E-state index < -0.39 is 11.9 Å². The van der Waals surface area contributed by atoms with Gasteiger partial charge in [0, 0.05) is 0 Å². The smallest absolute Gasteiger partial charge is 0.344 e. The third-order valence-corrected chi connectivity index (χ3v) is 1.92. The summed E-state index contributed by atoms with van der Waals surface area (Å²) in [5.74, 6) is -1.77. The topological polar surface area (TPSA) is 98.9 Å². The third-order valence-electron chi connectivity index (χ3n) is 1.92. The molecule has 0 atom stereocenters. The molecule has 0 heterocycles. The minimum Gasteiger partial charge on any atom is -0.479 e. The molecule has 1 aromatic rings. The van der Waals surface area contributed by atoms with E-state index in [2.05, 4.69) is 4.74 Å². The van der Waals surface area contributed by atoms with Crippen molar-refractivity contribution in [1.29, 1.82) is 0 Å². The Hall–Kier alpha value is -2.24. The zero-order valence-electron chi connectivity index (χ0n) is 9.30. The van der Waals surface area contributed by atoms with Crippen LogP contribution in [-0.4, -0.2) is 30.3 Å². The molecule has 0 saturated heterocycles. The number of carboxylic acids is 1. The molecule has 92 valence electrons. The van der Waals surface area contributed by atoms with Crippen LogP contribution in [0.5, 0.6) is 5.75 Å². The maximum absolute atomic E-state index is 11.1. The Morgan fingerprint density at radius 1 is 1.41 bits per heavy atom. The molecule has 0 unspecified atom stereocenters. The Morgan fingerprint density at radius 3 is 2.71 bits per heavy atom. The Balaban J connectivity index is 2.82. The van der Waals surface area contributed by atoms with E-state index in [1.165, 1.54) is 18.2 Å². The van der Waals surface area contributed by atoms with E-state index in [9.17, 15) is 9.59 Å². The van der Waals surface area contributed by atoms with Crippen LogP contribution in [-0.2, 0) is 9.53 Å². The second-order valence-corrected chi connectivity index (χ2v) is 3.12. The van der Waals surface area contributed by atoms with E-state index >= 15 is 0 Å². The molecule has 1 rings (SSSR count). The molecule has 0 spiro atoms. The van der Waals surface area contributed by atoms with E-state index in [0.29, 0.717) is 0 Å². The van der Waals surface area contributed by atoms with Crippen molar-refractivity contribution in [3.63, 3.8) is 0 Å². The van der Waals surface area contributed by atoms with Crippen LogP contribution in [0.4, 0.5) is 5.69 Å². The summed E-state index contributed by atoms with van der Waals surface area (Å²) in [6, 6.07) is 4.34. The number of benzene rings is 1. The first-order chi connectivity index (χ1) is 8.06. The van der Waals surface area contributed by atoms with Gasteiger partial charge in [0.15, 0.2) is 12.4 Å². The van der Waals surface area contributed by atoms with E-state index in [4.69, 9.17) is 15.6 Å². The highest BCUT2D eigenvalue weighted by atomic mass is 16.6. The Labute approximate surface area is 97.9 Å². The van der Waals surface area contributed by atoms with Gasteiger partial charge in [0.2, 0.25) is 0 Å². The molecule has 0 aromatic heterocycles. The second kappa shape index (κ2) is 5.74. The third kappa shape index (κ3) is 3.37. The highest BCUT2D eigenvalue weighted by Crippen LogP contribution is 2.26. The fourth-order valence-corrected chi connectivity index (χ4v) is 1.22. The normalized spacial score (nSPS) is 9.71. The van der Waals surface area contributed by atoms with Crippen LogP contribution >= 0.6 is 0 Å². The number of aromatic carboxylic acids is 1. The van der Waals surface area contributed by atoms with Crippen molar-refractivity contribution < 1.29 is 24.2 Å². The van der Waals surface area contributed by atoms with E-state index in [1.54, 1.807) is 6.92 Å². The molecule has 0 aliphatic carbocycles. The summed E-state index contributed by atoms with van der Waals surface area (Å²) in [5.41, 5.74) is 5.65. The van der Waals surface area contributed by atoms with Gasteiger partial charge in [0.05, 0.1) is 12.3 Å². The molecular formula is C11H13NO5. The van der Waals surface area contributed by atoms with Crippen molar-refractivity contribution in [3.05, 3.63) is 23.8 Å². The summed E-state index contributed by atoms with van der Waals surface area (Å²) >= 11 is 0. The van der Waals surface area contributed by atoms with Crippen LogP contribution in [0.15, 0.2) is 18.2 Å². The van der Waals surface area contributed by atoms with E-state index in [1.807, 2.05) is 0 Å². The Bertz CT molecular complexity index is 430. The molecule has 0 bridgehead atoms. The highest BCUT2D eigenvalue weighted by molar-refractivity contribution is 5.93. The van der Waals surface area contributed by atoms with Crippen molar-refractivity contribution in [2.75, 3.05) is 18.9 Å². The number of esters is 1. The lowest BCUT2D eigenvalue weighted by molar-refractivity contribution is -0.145. The lowest BCUT2D eigenvalue weighted by atomic mass is 10.2. The van der Waals surface area contributed by atoms with Crippen LogP contribution < -0.4 is 10.5 Å². The monoisotopic (exact) mass is 239 g/mol. The predicted octanol–water partition coefficient (Wildman–Crippen LogP) is 0.909. The van der Waals surface area contributed by atoms with Crippen molar-refractivity contribution in [2.45, 2.75) is 6.92 Å². The van der Waals surface area contributed by atoms with Gasteiger partial charge >= 0.3 is 11.9 Å². The molecule has 6 nitrogen and oxygen atoms in total. The minimum absolute atomic E-state index is 0.0203. The average molecular weight is 239 g/mol. The number of hydrogen-bond donors (Lipinski definition) is 2. The standard InChI is InChI=1S/C11H13NO5/c1-2-16-9(13)6-17-10-7(11(14)15)4-3-5-8(10)12/h3-5H,2,6,12H2,1H3,(H,14,15).